The summed E-state index contributed by atoms with van der Waals surface area (Å²) in [4.78, 5) is 12.1. The van der Waals surface area contributed by atoms with Crippen LogP contribution in [-0.4, -0.2) is 5.78 Å². The lowest BCUT2D eigenvalue weighted by atomic mass is 9.90. The molecular formula is C15H22O. The largest absolute Gasteiger partial charge is 0.299 e. The van der Waals surface area contributed by atoms with Gasteiger partial charge in [0.05, 0.1) is 0 Å². The standard InChI is InChI=1S/C15H22O/c1-3-8-14(9-4-2)15(16)12-13-10-6-5-7-11-13/h5-7,10-11,14H,3-4,8-9,12H2,1-2H3. The summed E-state index contributed by atoms with van der Waals surface area (Å²) < 4.78 is 0. The minimum absolute atomic E-state index is 0.273. The molecule has 0 N–H and O–H groups in total. The van der Waals surface area contributed by atoms with E-state index in [0.717, 1.165) is 31.2 Å². The molecule has 1 aromatic rings. The van der Waals surface area contributed by atoms with Crippen LogP contribution < -0.4 is 0 Å². The van der Waals surface area contributed by atoms with E-state index < -0.39 is 0 Å². The molecule has 88 valence electrons. The van der Waals surface area contributed by atoms with Gasteiger partial charge in [-0.3, -0.25) is 4.79 Å². The van der Waals surface area contributed by atoms with Gasteiger partial charge in [-0.05, 0) is 18.4 Å². The van der Waals surface area contributed by atoms with Crippen molar-refractivity contribution in [3.8, 4) is 0 Å². The molecule has 1 heteroatoms. The Balaban J connectivity index is 2.55. The van der Waals surface area contributed by atoms with E-state index >= 15 is 0 Å². The lowest BCUT2D eigenvalue weighted by Gasteiger charge is -2.13. The molecule has 1 nitrogen and oxygen atoms in total. The smallest absolute Gasteiger partial charge is 0.140 e. The molecule has 0 aliphatic heterocycles. The van der Waals surface area contributed by atoms with E-state index in [0.29, 0.717) is 12.2 Å². The molecule has 0 aliphatic rings. The van der Waals surface area contributed by atoms with Crippen molar-refractivity contribution in [1.82, 2.24) is 0 Å². The van der Waals surface area contributed by atoms with Gasteiger partial charge in [0.25, 0.3) is 0 Å². The van der Waals surface area contributed by atoms with Gasteiger partial charge in [-0.2, -0.15) is 0 Å². The van der Waals surface area contributed by atoms with E-state index in [-0.39, 0.29) is 5.92 Å². The highest BCUT2D eigenvalue weighted by Gasteiger charge is 2.16. The van der Waals surface area contributed by atoms with E-state index in [1.165, 1.54) is 0 Å². The fourth-order valence-corrected chi connectivity index (χ4v) is 2.10. The minimum Gasteiger partial charge on any atom is -0.299 e. The first kappa shape index (κ1) is 13.0. The number of hydrogen-bond donors (Lipinski definition) is 0. The number of benzene rings is 1. The van der Waals surface area contributed by atoms with Crippen LogP contribution in [0, 0.1) is 5.92 Å². The fraction of sp³-hybridized carbons (Fsp3) is 0.533. The molecule has 0 unspecified atom stereocenters. The van der Waals surface area contributed by atoms with Crippen molar-refractivity contribution in [3.05, 3.63) is 35.9 Å². The van der Waals surface area contributed by atoms with E-state index in [9.17, 15) is 4.79 Å². The molecule has 0 aliphatic carbocycles. The molecule has 0 atom stereocenters. The van der Waals surface area contributed by atoms with E-state index in [1.807, 2.05) is 30.3 Å². The van der Waals surface area contributed by atoms with Gasteiger partial charge in [-0.1, -0.05) is 57.0 Å². The molecule has 0 bridgehead atoms. The maximum Gasteiger partial charge on any atom is 0.140 e. The van der Waals surface area contributed by atoms with Crippen molar-refractivity contribution in [3.63, 3.8) is 0 Å². The first-order chi connectivity index (χ1) is 7.77. The van der Waals surface area contributed by atoms with Crippen molar-refractivity contribution in [2.24, 2.45) is 5.92 Å². The minimum atomic E-state index is 0.273. The lowest BCUT2D eigenvalue weighted by Crippen LogP contribution is -2.16. The first-order valence-corrected chi connectivity index (χ1v) is 6.34. The number of carbonyl (C=O) groups is 1. The van der Waals surface area contributed by atoms with Crippen molar-refractivity contribution in [2.45, 2.75) is 46.0 Å². The molecule has 0 heterocycles. The molecule has 0 saturated carbocycles. The second kappa shape index (κ2) is 7.21. The number of rotatable bonds is 7. The van der Waals surface area contributed by atoms with E-state index in [2.05, 4.69) is 13.8 Å². The summed E-state index contributed by atoms with van der Waals surface area (Å²) in [6.45, 7) is 4.30. The van der Waals surface area contributed by atoms with Crippen LogP contribution in [0.2, 0.25) is 0 Å². The third-order valence-electron chi connectivity index (χ3n) is 2.95. The van der Waals surface area contributed by atoms with Gasteiger partial charge in [0.15, 0.2) is 0 Å². The van der Waals surface area contributed by atoms with Crippen molar-refractivity contribution in [2.75, 3.05) is 0 Å². The Morgan fingerprint density at radius 1 is 1.06 bits per heavy atom. The van der Waals surface area contributed by atoms with Gasteiger partial charge < -0.3 is 0 Å². The predicted octanol–water partition coefficient (Wildman–Crippen LogP) is 4.01. The second-order valence-corrected chi connectivity index (χ2v) is 4.40. The maximum atomic E-state index is 12.1. The van der Waals surface area contributed by atoms with E-state index in [1.54, 1.807) is 0 Å². The average Bonchev–Trinajstić information content (AvgIpc) is 2.30. The Kier molecular flexibility index (Phi) is 5.84. The van der Waals surface area contributed by atoms with Gasteiger partial charge in [0.2, 0.25) is 0 Å². The molecular weight excluding hydrogens is 196 g/mol. The molecule has 1 aromatic carbocycles. The molecule has 0 saturated heterocycles. The third kappa shape index (κ3) is 4.18. The third-order valence-corrected chi connectivity index (χ3v) is 2.95. The SMILES string of the molecule is CCCC(CCC)C(=O)Cc1ccccc1. The number of carbonyl (C=O) groups excluding carboxylic acids is 1. The summed E-state index contributed by atoms with van der Waals surface area (Å²) in [6, 6.07) is 10.1. The molecule has 1 rings (SSSR count). The second-order valence-electron chi connectivity index (χ2n) is 4.40. The summed E-state index contributed by atoms with van der Waals surface area (Å²) in [5, 5.41) is 0. The van der Waals surface area contributed by atoms with Crippen molar-refractivity contribution < 1.29 is 4.79 Å². The zero-order chi connectivity index (χ0) is 11.8. The van der Waals surface area contributed by atoms with Crippen LogP contribution >= 0.6 is 0 Å². The zero-order valence-corrected chi connectivity index (χ0v) is 10.4. The summed E-state index contributed by atoms with van der Waals surface area (Å²) in [6.07, 6.45) is 4.89. The highest BCUT2D eigenvalue weighted by molar-refractivity contribution is 5.83. The molecule has 0 spiro atoms. The Morgan fingerprint density at radius 3 is 2.12 bits per heavy atom. The van der Waals surface area contributed by atoms with Gasteiger partial charge in [-0.15, -0.1) is 0 Å². The monoisotopic (exact) mass is 218 g/mol. The summed E-state index contributed by atoms with van der Waals surface area (Å²) >= 11 is 0. The Bertz CT molecular complexity index is 296. The molecule has 0 radical (unpaired) electrons. The Morgan fingerprint density at radius 2 is 1.62 bits per heavy atom. The topological polar surface area (TPSA) is 17.1 Å². The van der Waals surface area contributed by atoms with Crippen LogP contribution in [0.15, 0.2) is 30.3 Å². The quantitative estimate of drug-likeness (QED) is 0.675. The highest BCUT2D eigenvalue weighted by atomic mass is 16.1. The molecule has 16 heavy (non-hydrogen) atoms. The van der Waals surface area contributed by atoms with Crippen LogP contribution in [0.4, 0.5) is 0 Å². The molecule has 0 aromatic heterocycles. The van der Waals surface area contributed by atoms with Crippen molar-refractivity contribution >= 4 is 5.78 Å². The van der Waals surface area contributed by atoms with Crippen molar-refractivity contribution in [1.29, 1.82) is 0 Å². The predicted molar refractivity (Wildman–Crippen MR) is 68.5 cm³/mol. The van der Waals surface area contributed by atoms with Gasteiger partial charge >= 0.3 is 0 Å². The summed E-state index contributed by atoms with van der Waals surface area (Å²) in [5.41, 5.74) is 1.14. The first-order valence-electron chi connectivity index (χ1n) is 6.34. The molecule has 0 fully saturated rings. The molecule has 0 amide bonds. The van der Waals surface area contributed by atoms with E-state index in [4.69, 9.17) is 0 Å². The number of Topliss-reactive ketones (excluding diaryl/α,β-unsaturated/α-hetero) is 1. The normalized spacial score (nSPS) is 10.7. The van der Waals surface area contributed by atoms with Gasteiger partial charge in [-0.25, -0.2) is 0 Å². The van der Waals surface area contributed by atoms with Crippen LogP contribution in [0.3, 0.4) is 0 Å². The Hall–Kier alpha value is -1.11. The Labute approximate surface area is 98.9 Å². The summed E-state index contributed by atoms with van der Waals surface area (Å²) in [5.74, 6) is 0.685. The zero-order valence-electron chi connectivity index (χ0n) is 10.4. The average molecular weight is 218 g/mol. The highest BCUT2D eigenvalue weighted by Crippen LogP contribution is 2.17. The van der Waals surface area contributed by atoms with Crippen LogP contribution in [0.5, 0.6) is 0 Å². The fourth-order valence-electron chi connectivity index (χ4n) is 2.10. The van der Waals surface area contributed by atoms with Gasteiger partial charge in [0.1, 0.15) is 5.78 Å². The van der Waals surface area contributed by atoms with Crippen LogP contribution in [-0.2, 0) is 11.2 Å². The number of ketones is 1. The van der Waals surface area contributed by atoms with Crippen LogP contribution in [0.1, 0.15) is 45.1 Å². The van der Waals surface area contributed by atoms with Crippen LogP contribution in [0.25, 0.3) is 0 Å². The number of hydrogen-bond acceptors (Lipinski definition) is 1. The summed E-state index contributed by atoms with van der Waals surface area (Å²) in [7, 11) is 0. The van der Waals surface area contributed by atoms with Gasteiger partial charge in [0, 0.05) is 12.3 Å². The maximum absolute atomic E-state index is 12.1. The lowest BCUT2D eigenvalue weighted by molar-refractivity contribution is -0.122.